The van der Waals surface area contributed by atoms with Crippen molar-refractivity contribution in [2.75, 3.05) is 0 Å². The standard InChI is InChI=1S/C8H12.C5H12.C2H6/c1-3-5-7-8-6-4-2;1-3-5-4-2;1-2/h3-8H,1-2H3;3-5H2,1-2H3;1-2H3/b5-3-,6-4-,8-7-;;. The third kappa shape index (κ3) is 43.0. The lowest BCUT2D eigenvalue weighted by Crippen LogP contribution is -1.59. The van der Waals surface area contributed by atoms with E-state index in [1.54, 1.807) is 0 Å². The van der Waals surface area contributed by atoms with Crippen molar-refractivity contribution in [3.63, 3.8) is 0 Å². The van der Waals surface area contributed by atoms with Gasteiger partial charge in [-0.2, -0.15) is 0 Å². The minimum Gasteiger partial charge on any atom is -0.0877 e. The van der Waals surface area contributed by atoms with Gasteiger partial charge in [-0.3, -0.25) is 0 Å². The molecule has 0 radical (unpaired) electrons. The molecule has 0 aromatic rings. The van der Waals surface area contributed by atoms with Crippen LogP contribution in [0.15, 0.2) is 36.5 Å². The fraction of sp³-hybridized carbons (Fsp3) is 0.600. The van der Waals surface area contributed by atoms with E-state index in [-0.39, 0.29) is 0 Å². The molecule has 0 aliphatic heterocycles. The molecule has 0 aromatic heterocycles. The number of unbranched alkanes of at least 4 members (excludes halogenated alkanes) is 2. The predicted octanol–water partition coefficient (Wildman–Crippen LogP) is 5.92. The van der Waals surface area contributed by atoms with E-state index in [9.17, 15) is 0 Å². The van der Waals surface area contributed by atoms with Crippen LogP contribution in [0.4, 0.5) is 0 Å². The largest absolute Gasteiger partial charge is 0.0877 e. The molecular weight excluding hydrogens is 180 g/mol. The van der Waals surface area contributed by atoms with E-state index in [0.29, 0.717) is 0 Å². The summed E-state index contributed by atoms with van der Waals surface area (Å²) in [5.74, 6) is 0. The zero-order valence-electron chi connectivity index (χ0n) is 11.6. The highest BCUT2D eigenvalue weighted by molar-refractivity contribution is 5.09. The monoisotopic (exact) mass is 210 g/mol. The van der Waals surface area contributed by atoms with Gasteiger partial charge in [0.05, 0.1) is 0 Å². The van der Waals surface area contributed by atoms with Crippen molar-refractivity contribution in [1.29, 1.82) is 0 Å². The van der Waals surface area contributed by atoms with Crippen LogP contribution in [0.1, 0.15) is 60.8 Å². The SMILES string of the molecule is CC.CCCCC.C\C=C/C=C\C=C/C. The van der Waals surface area contributed by atoms with Crippen LogP contribution in [-0.4, -0.2) is 0 Å². The second kappa shape index (κ2) is 29.2. The molecule has 0 saturated heterocycles. The Kier molecular flexibility index (Phi) is 38.5. The quantitative estimate of drug-likeness (QED) is 0.505. The Morgan fingerprint density at radius 2 is 1.00 bits per heavy atom. The highest BCUT2D eigenvalue weighted by atomic mass is 13.7. The first-order chi connectivity index (χ1) is 7.33. The normalized spacial score (nSPS) is 10.0. The molecule has 0 aromatic carbocycles. The van der Waals surface area contributed by atoms with E-state index >= 15 is 0 Å². The number of hydrogen-bond acceptors (Lipinski definition) is 0. The third-order valence-electron chi connectivity index (χ3n) is 1.43. The van der Waals surface area contributed by atoms with Gasteiger partial charge in [0, 0.05) is 0 Å². The molecule has 90 valence electrons. The van der Waals surface area contributed by atoms with E-state index < -0.39 is 0 Å². The highest BCUT2D eigenvalue weighted by Gasteiger charge is 1.68. The molecule has 0 unspecified atom stereocenters. The van der Waals surface area contributed by atoms with Crippen molar-refractivity contribution < 1.29 is 0 Å². The van der Waals surface area contributed by atoms with E-state index in [1.165, 1.54) is 19.3 Å². The summed E-state index contributed by atoms with van der Waals surface area (Å²) < 4.78 is 0. The van der Waals surface area contributed by atoms with Gasteiger partial charge in [0.2, 0.25) is 0 Å². The van der Waals surface area contributed by atoms with Crippen LogP contribution in [0.3, 0.4) is 0 Å². The molecule has 0 bridgehead atoms. The molecule has 0 aliphatic rings. The van der Waals surface area contributed by atoms with Gasteiger partial charge in [-0.1, -0.05) is 83.4 Å². The summed E-state index contributed by atoms with van der Waals surface area (Å²) in [5.41, 5.74) is 0. The molecule has 0 saturated carbocycles. The molecule has 0 aliphatic carbocycles. The average molecular weight is 210 g/mol. The maximum atomic E-state index is 2.21. The minimum atomic E-state index is 1.34. The predicted molar refractivity (Wildman–Crippen MR) is 75.3 cm³/mol. The van der Waals surface area contributed by atoms with Crippen molar-refractivity contribution in [2.45, 2.75) is 60.8 Å². The van der Waals surface area contributed by atoms with Gasteiger partial charge in [0.25, 0.3) is 0 Å². The van der Waals surface area contributed by atoms with Crippen LogP contribution >= 0.6 is 0 Å². The Morgan fingerprint density at radius 3 is 1.13 bits per heavy atom. The molecule has 0 nitrogen and oxygen atoms in total. The zero-order valence-corrected chi connectivity index (χ0v) is 11.6. The van der Waals surface area contributed by atoms with Gasteiger partial charge in [0.15, 0.2) is 0 Å². The summed E-state index contributed by atoms with van der Waals surface area (Å²) in [6.45, 7) is 12.4. The lowest BCUT2D eigenvalue weighted by molar-refractivity contribution is 0.772. The summed E-state index contributed by atoms with van der Waals surface area (Å²) in [6, 6.07) is 0. The molecule has 0 spiro atoms. The summed E-state index contributed by atoms with van der Waals surface area (Å²) in [4.78, 5) is 0. The summed E-state index contributed by atoms with van der Waals surface area (Å²) in [5, 5.41) is 0. The van der Waals surface area contributed by atoms with Gasteiger partial charge >= 0.3 is 0 Å². The van der Waals surface area contributed by atoms with Gasteiger partial charge in [-0.05, 0) is 13.8 Å². The smallest absolute Gasteiger partial charge is 0.0467 e. The third-order valence-corrected chi connectivity index (χ3v) is 1.43. The average Bonchev–Trinajstić information content (AvgIpc) is 2.29. The Hall–Kier alpha value is -0.780. The first-order valence-corrected chi connectivity index (χ1v) is 6.24. The molecule has 0 heterocycles. The lowest BCUT2D eigenvalue weighted by Gasteiger charge is -1.79. The summed E-state index contributed by atoms with van der Waals surface area (Å²) >= 11 is 0. The van der Waals surface area contributed by atoms with Crippen LogP contribution in [0.5, 0.6) is 0 Å². The van der Waals surface area contributed by atoms with Gasteiger partial charge in [-0.25, -0.2) is 0 Å². The van der Waals surface area contributed by atoms with Crippen molar-refractivity contribution in [2.24, 2.45) is 0 Å². The van der Waals surface area contributed by atoms with Crippen LogP contribution in [0.25, 0.3) is 0 Å². The van der Waals surface area contributed by atoms with Crippen LogP contribution in [0, 0.1) is 0 Å². The molecule has 0 heteroatoms. The zero-order chi connectivity index (χ0) is 12.4. The fourth-order valence-corrected chi connectivity index (χ4v) is 0.704. The number of rotatable bonds is 4. The maximum absolute atomic E-state index is 2.21. The van der Waals surface area contributed by atoms with E-state index in [4.69, 9.17) is 0 Å². The molecular formula is C15H30. The van der Waals surface area contributed by atoms with E-state index in [1.807, 2.05) is 64.2 Å². The molecule has 0 N–H and O–H groups in total. The van der Waals surface area contributed by atoms with Crippen LogP contribution < -0.4 is 0 Å². The summed E-state index contributed by atoms with van der Waals surface area (Å²) in [7, 11) is 0. The highest BCUT2D eigenvalue weighted by Crippen LogP contribution is 1.88. The Bertz CT molecular complexity index is 122. The molecule has 15 heavy (non-hydrogen) atoms. The summed E-state index contributed by atoms with van der Waals surface area (Å²) in [6.07, 6.45) is 16.1. The minimum absolute atomic E-state index is 1.34. The molecule has 0 atom stereocenters. The van der Waals surface area contributed by atoms with Crippen molar-refractivity contribution in [1.82, 2.24) is 0 Å². The van der Waals surface area contributed by atoms with Gasteiger partial charge in [-0.15, -0.1) is 0 Å². The topological polar surface area (TPSA) is 0 Å². The Labute approximate surface area is 97.8 Å². The first kappa shape index (κ1) is 19.7. The maximum Gasteiger partial charge on any atom is -0.0467 e. The van der Waals surface area contributed by atoms with Crippen LogP contribution in [0.2, 0.25) is 0 Å². The van der Waals surface area contributed by atoms with Crippen molar-refractivity contribution >= 4 is 0 Å². The van der Waals surface area contributed by atoms with Crippen molar-refractivity contribution in [3.8, 4) is 0 Å². The van der Waals surface area contributed by atoms with E-state index in [2.05, 4.69) is 13.8 Å². The van der Waals surface area contributed by atoms with Crippen LogP contribution in [-0.2, 0) is 0 Å². The molecule has 0 amide bonds. The Morgan fingerprint density at radius 1 is 0.667 bits per heavy atom. The number of allylic oxidation sites excluding steroid dienone is 6. The molecule has 0 fully saturated rings. The lowest BCUT2D eigenvalue weighted by atomic mass is 10.3. The first-order valence-electron chi connectivity index (χ1n) is 6.24. The van der Waals surface area contributed by atoms with E-state index in [0.717, 1.165) is 0 Å². The molecule has 0 rings (SSSR count). The van der Waals surface area contributed by atoms with Gasteiger partial charge in [0.1, 0.15) is 0 Å². The van der Waals surface area contributed by atoms with Gasteiger partial charge < -0.3 is 0 Å². The number of hydrogen-bond donors (Lipinski definition) is 0. The second-order valence-electron chi connectivity index (χ2n) is 2.79. The Balaban J connectivity index is -0.000000177. The second-order valence-corrected chi connectivity index (χ2v) is 2.79. The van der Waals surface area contributed by atoms with Crippen molar-refractivity contribution in [3.05, 3.63) is 36.5 Å². The fourth-order valence-electron chi connectivity index (χ4n) is 0.704.